The highest BCUT2D eigenvalue weighted by Gasteiger charge is 2.28. The topological polar surface area (TPSA) is 50.8 Å². The molecule has 1 fully saturated rings. The molecule has 5 heteroatoms. The summed E-state index contributed by atoms with van der Waals surface area (Å²) in [6.45, 7) is 2.06. The van der Waals surface area contributed by atoms with Crippen LogP contribution in [0, 0.1) is 0 Å². The molecule has 2 aromatic carbocycles. The van der Waals surface area contributed by atoms with Gasteiger partial charge in [-0.1, -0.05) is 42.5 Å². The van der Waals surface area contributed by atoms with E-state index in [0.29, 0.717) is 12.5 Å². The highest BCUT2D eigenvalue weighted by atomic mass is 16.5. The van der Waals surface area contributed by atoms with Crippen molar-refractivity contribution in [1.29, 1.82) is 0 Å². The quantitative estimate of drug-likeness (QED) is 0.903. The number of benzene rings is 2. The second kappa shape index (κ2) is 7.91. The molecule has 0 spiro atoms. The number of nitrogens with one attached hydrogen (secondary N) is 1. The summed E-state index contributed by atoms with van der Waals surface area (Å²) < 4.78 is 11.2. The van der Waals surface area contributed by atoms with E-state index in [0.717, 1.165) is 49.4 Å². The van der Waals surface area contributed by atoms with Gasteiger partial charge in [-0.3, -0.25) is 0 Å². The van der Waals surface area contributed by atoms with Crippen molar-refractivity contribution in [2.45, 2.75) is 31.2 Å². The zero-order valence-corrected chi connectivity index (χ0v) is 15.7. The van der Waals surface area contributed by atoms with Crippen LogP contribution in [0.25, 0.3) is 0 Å². The number of para-hydroxylation sites is 1. The summed E-state index contributed by atoms with van der Waals surface area (Å²) in [5.41, 5.74) is 2.46. The smallest absolute Gasteiger partial charge is 0.317 e. The number of methoxy groups -OCH3 is 1. The van der Waals surface area contributed by atoms with Gasteiger partial charge in [-0.05, 0) is 36.8 Å². The fourth-order valence-corrected chi connectivity index (χ4v) is 4.05. The number of rotatable bonds is 3. The molecule has 27 heavy (non-hydrogen) atoms. The minimum atomic E-state index is -0.0102. The molecule has 142 valence electrons. The third kappa shape index (κ3) is 3.87. The number of nitrogens with zero attached hydrogens (tertiary/aromatic N) is 1. The number of hydrogen-bond donors (Lipinski definition) is 1. The summed E-state index contributed by atoms with van der Waals surface area (Å²) in [4.78, 5) is 14.6. The molecule has 4 rings (SSSR count). The second-order valence-corrected chi connectivity index (χ2v) is 7.28. The Kier molecular flexibility index (Phi) is 5.19. The minimum Gasteiger partial charge on any atom is -0.493 e. The van der Waals surface area contributed by atoms with Crippen LogP contribution < -0.4 is 14.8 Å². The molecule has 2 aliphatic heterocycles. The number of carbonyl (C=O) groups excluding carboxylic acids is 1. The van der Waals surface area contributed by atoms with Gasteiger partial charge >= 0.3 is 6.03 Å². The van der Waals surface area contributed by atoms with Crippen LogP contribution in [0.15, 0.2) is 48.5 Å². The normalized spacial score (nSPS) is 19.7. The Labute approximate surface area is 160 Å². The van der Waals surface area contributed by atoms with E-state index in [2.05, 4.69) is 29.6 Å². The predicted octanol–water partition coefficient (Wildman–Crippen LogP) is 3.59. The molecule has 1 unspecified atom stereocenters. The zero-order valence-electron chi connectivity index (χ0n) is 15.7. The van der Waals surface area contributed by atoms with E-state index in [9.17, 15) is 4.79 Å². The van der Waals surface area contributed by atoms with Gasteiger partial charge in [0, 0.05) is 18.7 Å². The van der Waals surface area contributed by atoms with E-state index in [4.69, 9.17) is 9.47 Å². The van der Waals surface area contributed by atoms with Gasteiger partial charge in [0.1, 0.15) is 6.61 Å². The molecule has 0 radical (unpaired) electrons. The minimum absolute atomic E-state index is 0.0102. The van der Waals surface area contributed by atoms with Gasteiger partial charge in [0.05, 0.1) is 13.2 Å². The maximum absolute atomic E-state index is 12.7. The number of likely N-dealkylation sites (tertiary alicyclic amines) is 1. The number of fused-ring (bicyclic) bond motifs is 1. The van der Waals surface area contributed by atoms with Crippen molar-refractivity contribution >= 4 is 6.03 Å². The predicted molar refractivity (Wildman–Crippen MR) is 105 cm³/mol. The molecular weight excluding hydrogens is 340 g/mol. The van der Waals surface area contributed by atoms with Crippen LogP contribution >= 0.6 is 0 Å². The second-order valence-electron chi connectivity index (χ2n) is 7.28. The number of piperidine rings is 1. The van der Waals surface area contributed by atoms with Gasteiger partial charge in [-0.15, -0.1) is 0 Å². The summed E-state index contributed by atoms with van der Waals surface area (Å²) in [6, 6.07) is 16.5. The monoisotopic (exact) mass is 366 g/mol. The van der Waals surface area contributed by atoms with Crippen molar-refractivity contribution in [1.82, 2.24) is 10.2 Å². The third-order valence-electron chi connectivity index (χ3n) is 5.56. The lowest BCUT2D eigenvalue weighted by molar-refractivity contribution is 0.166. The van der Waals surface area contributed by atoms with Crippen molar-refractivity contribution in [3.05, 3.63) is 59.7 Å². The van der Waals surface area contributed by atoms with Gasteiger partial charge in [0.2, 0.25) is 0 Å². The lowest BCUT2D eigenvalue weighted by atomic mass is 9.89. The first kappa shape index (κ1) is 17.7. The van der Waals surface area contributed by atoms with Crippen LogP contribution in [0.1, 0.15) is 29.9 Å². The Balaban J connectivity index is 1.31. The largest absolute Gasteiger partial charge is 0.493 e. The molecule has 5 nitrogen and oxygen atoms in total. The van der Waals surface area contributed by atoms with E-state index in [-0.39, 0.29) is 12.1 Å². The molecule has 2 heterocycles. The first-order chi connectivity index (χ1) is 13.2. The van der Waals surface area contributed by atoms with Crippen molar-refractivity contribution in [2.24, 2.45) is 0 Å². The van der Waals surface area contributed by atoms with Gasteiger partial charge in [0.15, 0.2) is 11.5 Å². The average Bonchev–Trinajstić information content (AvgIpc) is 2.74. The molecule has 0 bridgehead atoms. The van der Waals surface area contributed by atoms with Gasteiger partial charge < -0.3 is 19.7 Å². The average molecular weight is 366 g/mol. The van der Waals surface area contributed by atoms with Gasteiger partial charge in [0.25, 0.3) is 0 Å². The summed E-state index contributed by atoms with van der Waals surface area (Å²) in [6.07, 6.45) is 2.79. The van der Waals surface area contributed by atoms with Crippen LogP contribution in [0.2, 0.25) is 0 Å². The molecule has 2 amide bonds. The van der Waals surface area contributed by atoms with Gasteiger partial charge in [-0.2, -0.15) is 0 Å². The van der Waals surface area contributed by atoms with Gasteiger partial charge in [-0.25, -0.2) is 4.79 Å². The molecule has 1 saturated heterocycles. The van der Waals surface area contributed by atoms with E-state index < -0.39 is 0 Å². The highest BCUT2D eigenvalue weighted by molar-refractivity contribution is 5.74. The lowest BCUT2D eigenvalue weighted by Gasteiger charge is -2.34. The van der Waals surface area contributed by atoms with Crippen LogP contribution in [-0.4, -0.2) is 43.8 Å². The molecule has 1 N–H and O–H groups in total. The number of amides is 2. The molecule has 2 aliphatic rings. The van der Waals surface area contributed by atoms with Crippen LogP contribution in [0.3, 0.4) is 0 Å². The van der Waals surface area contributed by atoms with Crippen molar-refractivity contribution in [3.8, 4) is 11.5 Å². The Hall–Kier alpha value is -2.69. The number of carbonyl (C=O) groups is 1. The first-order valence-corrected chi connectivity index (χ1v) is 9.63. The Bertz CT molecular complexity index is 785. The molecule has 0 saturated carbocycles. The first-order valence-electron chi connectivity index (χ1n) is 9.63. The fourth-order valence-electron chi connectivity index (χ4n) is 4.05. The van der Waals surface area contributed by atoms with E-state index in [1.54, 1.807) is 7.11 Å². The molecule has 1 atom stereocenters. The number of ether oxygens (including phenoxy) is 2. The van der Waals surface area contributed by atoms with E-state index in [1.165, 1.54) is 5.56 Å². The van der Waals surface area contributed by atoms with Crippen molar-refractivity contribution in [3.63, 3.8) is 0 Å². The zero-order chi connectivity index (χ0) is 18.6. The number of hydrogen-bond acceptors (Lipinski definition) is 3. The lowest BCUT2D eigenvalue weighted by Crippen LogP contribution is -2.50. The SMILES string of the molecule is COc1cccc2c1OCC(NC(=O)N1CCC(c3ccccc3)CC1)C2. The Morgan fingerprint density at radius 3 is 2.63 bits per heavy atom. The standard InChI is InChI=1S/C22H26N2O3/c1-26-20-9-5-8-18-14-19(15-27-21(18)20)23-22(25)24-12-10-17(11-13-24)16-6-3-2-4-7-16/h2-9,17,19H,10-15H2,1H3,(H,23,25). The van der Waals surface area contributed by atoms with Crippen molar-refractivity contribution < 1.29 is 14.3 Å². The maximum Gasteiger partial charge on any atom is 0.317 e. The van der Waals surface area contributed by atoms with Crippen LogP contribution in [-0.2, 0) is 6.42 Å². The highest BCUT2D eigenvalue weighted by Crippen LogP contribution is 2.34. The van der Waals surface area contributed by atoms with Crippen LogP contribution in [0.4, 0.5) is 4.79 Å². The summed E-state index contributed by atoms with van der Waals surface area (Å²) in [5, 5.41) is 3.14. The fraction of sp³-hybridized carbons (Fsp3) is 0.409. The third-order valence-corrected chi connectivity index (χ3v) is 5.56. The molecular formula is C22H26N2O3. The number of urea groups is 1. The summed E-state index contributed by atoms with van der Waals surface area (Å²) >= 11 is 0. The van der Waals surface area contributed by atoms with E-state index in [1.807, 2.05) is 29.2 Å². The Morgan fingerprint density at radius 1 is 1.11 bits per heavy atom. The molecule has 0 aromatic heterocycles. The van der Waals surface area contributed by atoms with Crippen LogP contribution in [0.5, 0.6) is 11.5 Å². The molecule has 0 aliphatic carbocycles. The Morgan fingerprint density at radius 2 is 1.89 bits per heavy atom. The summed E-state index contributed by atoms with van der Waals surface area (Å²) in [5.74, 6) is 2.10. The maximum atomic E-state index is 12.7. The van der Waals surface area contributed by atoms with E-state index >= 15 is 0 Å². The molecule has 2 aromatic rings. The van der Waals surface area contributed by atoms with Crippen molar-refractivity contribution in [2.75, 3.05) is 26.8 Å². The summed E-state index contributed by atoms with van der Waals surface area (Å²) in [7, 11) is 1.64.